The number of methoxy groups -OCH3 is 1. The van der Waals surface area contributed by atoms with Crippen molar-refractivity contribution in [3.05, 3.63) is 39.6 Å². The van der Waals surface area contributed by atoms with Crippen molar-refractivity contribution in [2.24, 2.45) is 0 Å². The van der Waals surface area contributed by atoms with Gasteiger partial charge in [0, 0.05) is 11.6 Å². The molecule has 0 aromatic carbocycles. The minimum Gasteiger partial charge on any atom is -0.469 e. The number of esters is 1. The number of hydrogen-bond acceptors (Lipinski definition) is 6. The molecule has 0 fully saturated rings. The van der Waals surface area contributed by atoms with Crippen LogP contribution in [0.2, 0.25) is 0 Å². The fraction of sp³-hybridized carbons (Fsp3) is 0.167. The van der Waals surface area contributed by atoms with Crippen LogP contribution >= 0.6 is 27.3 Å². The van der Waals surface area contributed by atoms with E-state index in [2.05, 4.69) is 36.0 Å². The van der Waals surface area contributed by atoms with Gasteiger partial charge in [0.1, 0.15) is 4.60 Å². The van der Waals surface area contributed by atoms with Gasteiger partial charge in [0.25, 0.3) is 5.91 Å². The monoisotopic (exact) mass is 355 g/mol. The van der Waals surface area contributed by atoms with Crippen LogP contribution in [-0.2, 0) is 16.0 Å². The van der Waals surface area contributed by atoms with E-state index in [9.17, 15) is 9.59 Å². The molecule has 2 aromatic rings. The maximum absolute atomic E-state index is 11.9. The Morgan fingerprint density at radius 2 is 2.25 bits per heavy atom. The van der Waals surface area contributed by atoms with E-state index in [1.807, 2.05) is 0 Å². The molecule has 2 rings (SSSR count). The second-order valence-electron chi connectivity index (χ2n) is 3.72. The molecular formula is C12H10BrN3O3S. The molecule has 0 saturated carbocycles. The minimum absolute atomic E-state index is 0.0860. The van der Waals surface area contributed by atoms with Crippen molar-refractivity contribution < 1.29 is 14.3 Å². The number of carbonyl (C=O) groups is 2. The zero-order valence-corrected chi connectivity index (χ0v) is 12.8. The fourth-order valence-corrected chi connectivity index (χ4v) is 2.28. The number of ether oxygens (including phenoxy) is 1. The highest BCUT2D eigenvalue weighted by atomic mass is 79.9. The second kappa shape index (κ2) is 6.58. The quantitative estimate of drug-likeness (QED) is 0.671. The summed E-state index contributed by atoms with van der Waals surface area (Å²) >= 11 is 4.45. The standard InChI is InChI=1S/C12H10BrN3O3S/c1-19-10(17)4-8-6-20-12(15-8)16-11(18)7-2-3-9(13)14-5-7/h2-3,5-6H,4H2,1H3,(H,15,16,18). The first-order valence-corrected chi connectivity index (χ1v) is 7.20. The summed E-state index contributed by atoms with van der Waals surface area (Å²) in [5.41, 5.74) is 0.990. The summed E-state index contributed by atoms with van der Waals surface area (Å²) in [6.45, 7) is 0. The first kappa shape index (κ1) is 14.6. The molecule has 2 heterocycles. The lowest BCUT2D eigenvalue weighted by Crippen LogP contribution is -2.12. The lowest BCUT2D eigenvalue weighted by Gasteiger charge is -2.01. The molecule has 0 unspecified atom stereocenters. The summed E-state index contributed by atoms with van der Waals surface area (Å²) in [7, 11) is 1.32. The predicted octanol–water partition coefficient (Wildman–Crippen LogP) is 2.27. The van der Waals surface area contributed by atoms with E-state index >= 15 is 0 Å². The van der Waals surface area contributed by atoms with Crippen LogP contribution in [0.15, 0.2) is 28.3 Å². The molecule has 104 valence electrons. The van der Waals surface area contributed by atoms with Gasteiger partial charge in [-0.1, -0.05) is 0 Å². The average Bonchev–Trinajstić information content (AvgIpc) is 2.86. The van der Waals surface area contributed by atoms with E-state index in [4.69, 9.17) is 0 Å². The van der Waals surface area contributed by atoms with Gasteiger partial charge < -0.3 is 4.74 Å². The van der Waals surface area contributed by atoms with Crippen LogP contribution < -0.4 is 5.32 Å². The number of nitrogens with zero attached hydrogens (tertiary/aromatic N) is 2. The van der Waals surface area contributed by atoms with E-state index in [0.717, 1.165) is 0 Å². The van der Waals surface area contributed by atoms with Crippen molar-refractivity contribution in [1.29, 1.82) is 0 Å². The molecule has 0 spiro atoms. The summed E-state index contributed by atoms with van der Waals surface area (Å²) in [5, 5.41) is 4.78. The first-order chi connectivity index (χ1) is 9.58. The van der Waals surface area contributed by atoms with Gasteiger partial charge >= 0.3 is 5.97 Å². The number of thiazole rings is 1. The Kier molecular flexibility index (Phi) is 4.80. The number of aromatic nitrogens is 2. The molecule has 0 atom stereocenters. The van der Waals surface area contributed by atoms with Gasteiger partial charge in [-0.3, -0.25) is 14.9 Å². The SMILES string of the molecule is COC(=O)Cc1csc(NC(=O)c2ccc(Br)nc2)n1. The summed E-state index contributed by atoms with van der Waals surface area (Å²) in [6, 6.07) is 3.33. The van der Waals surface area contributed by atoms with E-state index in [1.165, 1.54) is 24.6 Å². The number of pyridine rings is 1. The zero-order chi connectivity index (χ0) is 14.5. The summed E-state index contributed by atoms with van der Waals surface area (Å²) in [6.07, 6.45) is 1.55. The maximum Gasteiger partial charge on any atom is 0.311 e. The molecule has 6 nitrogen and oxygen atoms in total. The predicted molar refractivity (Wildman–Crippen MR) is 77.7 cm³/mol. The molecule has 2 aromatic heterocycles. The van der Waals surface area contributed by atoms with Gasteiger partial charge in [-0.25, -0.2) is 9.97 Å². The van der Waals surface area contributed by atoms with Crippen LogP contribution in [0.1, 0.15) is 16.1 Å². The van der Waals surface area contributed by atoms with Gasteiger partial charge in [0.2, 0.25) is 0 Å². The molecule has 0 saturated heterocycles. The highest BCUT2D eigenvalue weighted by molar-refractivity contribution is 9.10. The Labute approximate surface area is 127 Å². The smallest absolute Gasteiger partial charge is 0.311 e. The second-order valence-corrected chi connectivity index (χ2v) is 5.39. The Morgan fingerprint density at radius 3 is 2.90 bits per heavy atom. The summed E-state index contributed by atoms with van der Waals surface area (Å²) in [5.74, 6) is -0.672. The van der Waals surface area contributed by atoms with Gasteiger partial charge in [0.15, 0.2) is 5.13 Å². The van der Waals surface area contributed by atoms with Crippen molar-refractivity contribution in [2.45, 2.75) is 6.42 Å². The maximum atomic E-state index is 11.9. The van der Waals surface area contributed by atoms with E-state index in [-0.39, 0.29) is 18.3 Å². The first-order valence-electron chi connectivity index (χ1n) is 5.52. The van der Waals surface area contributed by atoms with Gasteiger partial charge in [-0.2, -0.15) is 0 Å². The third kappa shape index (κ3) is 3.84. The van der Waals surface area contributed by atoms with Crippen molar-refractivity contribution in [2.75, 3.05) is 12.4 Å². The normalized spacial score (nSPS) is 10.1. The third-order valence-corrected chi connectivity index (χ3v) is 3.59. The van der Waals surface area contributed by atoms with Crippen LogP contribution in [0.25, 0.3) is 0 Å². The molecular weight excluding hydrogens is 346 g/mol. The lowest BCUT2D eigenvalue weighted by molar-refractivity contribution is -0.139. The molecule has 0 aliphatic rings. The van der Waals surface area contributed by atoms with Crippen LogP contribution in [-0.4, -0.2) is 29.0 Å². The van der Waals surface area contributed by atoms with Crippen molar-refractivity contribution in [3.8, 4) is 0 Å². The van der Waals surface area contributed by atoms with Crippen molar-refractivity contribution in [1.82, 2.24) is 9.97 Å². The number of nitrogens with one attached hydrogen (secondary N) is 1. The molecule has 0 aliphatic heterocycles. The van der Waals surface area contributed by atoms with E-state index in [0.29, 0.717) is 21.0 Å². The number of amides is 1. The van der Waals surface area contributed by atoms with Crippen molar-refractivity contribution >= 4 is 44.3 Å². The van der Waals surface area contributed by atoms with Gasteiger partial charge in [-0.15, -0.1) is 11.3 Å². The number of rotatable bonds is 4. The summed E-state index contributed by atoms with van der Waals surface area (Å²) in [4.78, 5) is 31.1. The highest BCUT2D eigenvalue weighted by Gasteiger charge is 2.11. The lowest BCUT2D eigenvalue weighted by atomic mass is 10.3. The molecule has 1 N–H and O–H groups in total. The van der Waals surface area contributed by atoms with Crippen LogP contribution in [0.3, 0.4) is 0 Å². The molecule has 20 heavy (non-hydrogen) atoms. The molecule has 0 aliphatic carbocycles. The van der Waals surface area contributed by atoms with Gasteiger partial charge in [0.05, 0.1) is 24.8 Å². The Bertz CT molecular complexity index is 627. The van der Waals surface area contributed by atoms with Crippen LogP contribution in [0, 0.1) is 0 Å². The number of hydrogen-bond donors (Lipinski definition) is 1. The van der Waals surface area contributed by atoms with Gasteiger partial charge in [-0.05, 0) is 28.1 Å². The fourth-order valence-electron chi connectivity index (χ4n) is 1.35. The van der Waals surface area contributed by atoms with E-state index < -0.39 is 0 Å². The van der Waals surface area contributed by atoms with Crippen LogP contribution in [0.4, 0.5) is 5.13 Å². The summed E-state index contributed by atoms with van der Waals surface area (Å²) < 4.78 is 5.21. The number of anilines is 1. The average molecular weight is 356 g/mol. The third-order valence-electron chi connectivity index (χ3n) is 2.31. The number of halogens is 1. The highest BCUT2D eigenvalue weighted by Crippen LogP contribution is 2.17. The molecule has 0 bridgehead atoms. The van der Waals surface area contributed by atoms with Crippen LogP contribution in [0.5, 0.6) is 0 Å². The number of carbonyl (C=O) groups excluding carboxylic acids is 2. The largest absolute Gasteiger partial charge is 0.469 e. The molecule has 8 heteroatoms. The Balaban J connectivity index is 2.01. The van der Waals surface area contributed by atoms with Crippen molar-refractivity contribution in [3.63, 3.8) is 0 Å². The molecule has 1 amide bonds. The Hall–Kier alpha value is -1.80. The minimum atomic E-state index is -0.370. The molecule has 0 radical (unpaired) electrons. The Morgan fingerprint density at radius 1 is 1.45 bits per heavy atom. The van der Waals surface area contributed by atoms with E-state index in [1.54, 1.807) is 17.5 Å². The zero-order valence-electron chi connectivity index (χ0n) is 10.4. The topological polar surface area (TPSA) is 81.2 Å².